The van der Waals surface area contributed by atoms with E-state index in [9.17, 15) is 15.0 Å². The quantitative estimate of drug-likeness (QED) is 0.0420. The van der Waals surface area contributed by atoms with E-state index in [-0.39, 0.29) is 12.5 Å². The lowest BCUT2D eigenvalue weighted by atomic mass is 10.0. The first-order valence-electron chi connectivity index (χ1n) is 37.1. The summed E-state index contributed by atoms with van der Waals surface area (Å²) in [5.74, 6) is -0.0253. The third kappa shape index (κ3) is 68.6. The summed E-state index contributed by atoms with van der Waals surface area (Å²) in [6.45, 7) is 4.28. The van der Waals surface area contributed by atoms with Crippen LogP contribution in [0.5, 0.6) is 0 Å². The second-order valence-electron chi connectivity index (χ2n) is 25.3. The van der Waals surface area contributed by atoms with Crippen LogP contribution in [0.4, 0.5) is 0 Å². The zero-order chi connectivity index (χ0) is 59.1. The molecule has 480 valence electrons. The van der Waals surface area contributed by atoms with Gasteiger partial charge in [0, 0.05) is 6.42 Å². The maximum atomic E-state index is 12.6. The Bertz CT molecular complexity index is 1390. The zero-order valence-electron chi connectivity index (χ0n) is 55.5. The highest BCUT2D eigenvalue weighted by molar-refractivity contribution is 5.76. The van der Waals surface area contributed by atoms with Crippen LogP contribution in [0.25, 0.3) is 0 Å². The zero-order valence-corrected chi connectivity index (χ0v) is 55.5. The lowest BCUT2D eigenvalue weighted by Gasteiger charge is -2.22. The van der Waals surface area contributed by atoms with Crippen molar-refractivity contribution in [2.45, 2.75) is 411 Å². The molecule has 0 aromatic rings. The monoisotopic (exact) mass is 1140 g/mol. The Morgan fingerprint density at radius 3 is 0.805 bits per heavy atom. The van der Waals surface area contributed by atoms with Gasteiger partial charge in [0.15, 0.2) is 0 Å². The minimum absolute atomic E-state index is 0.0253. The van der Waals surface area contributed by atoms with Gasteiger partial charge in [-0.25, -0.2) is 0 Å². The van der Waals surface area contributed by atoms with Crippen molar-refractivity contribution < 1.29 is 15.0 Å². The van der Waals surface area contributed by atoms with E-state index in [1.807, 2.05) is 0 Å². The molecule has 0 bridgehead atoms. The Balaban J connectivity index is 3.41. The third-order valence-electron chi connectivity index (χ3n) is 17.2. The number of carbonyl (C=O) groups excluding carboxylic acids is 1. The number of unbranched alkanes of at least 4 members (excludes halogenated alkanes) is 50. The standard InChI is InChI=1S/C78H145NO3/c1-3-5-7-9-11-13-15-17-19-21-23-25-27-29-31-33-35-37-38-39-40-42-44-46-48-50-52-54-56-58-60-62-64-66-68-70-72-74-78(82)79-76(75-80)77(81)73-71-69-67-65-63-61-59-57-55-53-51-49-47-45-43-41-36-34-32-30-28-26-24-22-20-18-16-14-12-10-8-6-4-2/h5,7,11,13,17,19,23,25,29,31,35,37,76-77,80-81H,3-4,6,8-10,12,14-16,18,20-22,24,26-28,30,32-34,36,38-75H2,1-2H3,(H,79,82)/b7-5-,13-11-,19-17-,25-23-,31-29-,37-35-. The normalized spacial score (nSPS) is 13.1. The average Bonchev–Trinajstić information content (AvgIpc) is 3.50. The fourth-order valence-electron chi connectivity index (χ4n) is 11.7. The maximum Gasteiger partial charge on any atom is 0.220 e. The highest BCUT2D eigenvalue weighted by Crippen LogP contribution is 2.20. The van der Waals surface area contributed by atoms with Gasteiger partial charge in [0.25, 0.3) is 0 Å². The van der Waals surface area contributed by atoms with Crippen LogP contribution >= 0.6 is 0 Å². The van der Waals surface area contributed by atoms with Crippen molar-refractivity contribution >= 4 is 5.91 Å². The lowest BCUT2D eigenvalue weighted by molar-refractivity contribution is -0.123. The van der Waals surface area contributed by atoms with Gasteiger partial charge < -0.3 is 15.5 Å². The number of hydrogen-bond acceptors (Lipinski definition) is 3. The summed E-state index contributed by atoms with van der Waals surface area (Å²) in [5.41, 5.74) is 0. The van der Waals surface area contributed by atoms with Gasteiger partial charge in [0.1, 0.15) is 0 Å². The predicted octanol–water partition coefficient (Wildman–Crippen LogP) is 25.6. The van der Waals surface area contributed by atoms with Crippen LogP contribution in [0.1, 0.15) is 399 Å². The summed E-state index contributed by atoms with van der Waals surface area (Å²) < 4.78 is 0. The third-order valence-corrected chi connectivity index (χ3v) is 17.2. The van der Waals surface area contributed by atoms with Gasteiger partial charge in [-0.05, 0) is 64.2 Å². The van der Waals surface area contributed by atoms with E-state index in [1.165, 1.54) is 308 Å². The molecule has 2 atom stereocenters. The summed E-state index contributed by atoms with van der Waals surface area (Å²) in [7, 11) is 0. The number of aliphatic hydroxyl groups is 2. The maximum absolute atomic E-state index is 12.6. The van der Waals surface area contributed by atoms with Crippen LogP contribution in [-0.4, -0.2) is 34.9 Å². The number of amides is 1. The number of rotatable bonds is 69. The van der Waals surface area contributed by atoms with Crippen LogP contribution in [0.15, 0.2) is 72.9 Å². The first kappa shape index (κ1) is 79.8. The molecule has 0 rings (SSSR count). The van der Waals surface area contributed by atoms with Gasteiger partial charge in [-0.15, -0.1) is 0 Å². The van der Waals surface area contributed by atoms with Crippen LogP contribution < -0.4 is 5.32 Å². The fraction of sp³-hybridized carbons (Fsp3) is 0.833. The average molecular weight is 1150 g/mol. The van der Waals surface area contributed by atoms with Crippen molar-refractivity contribution in [3.63, 3.8) is 0 Å². The number of allylic oxidation sites excluding steroid dienone is 12. The van der Waals surface area contributed by atoms with Crippen LogP contribution in [0, 0.1) is 0 Å². The van der Waals surface area contributed by atoms with Gasteiger partial charge in [-0.1, -0.05) is 401 Å². The van der Waals surface area contributed by atoms with Crippen molar-refractivity contribution in [3.8, 4) is 0 Å². The molecule has 0 aliphatic heterocycles. The lowest BCUT2D eigenvalue weighted by Crippen LogP contribution is -2.45. The molecule has 0 heterocycles. The molecule has 0 aliphatic carbocycles. The Hall–Kier alpha value is -2.17. The minimum atomic E-state index is -0.663. The molecular formula is C78H145NO3. The summed E-state index contributed by atoms with van der Waals surface area (Å²) in [6.07, 6.45) is 106. The van der Waals surface area contributed by atoms with Crippen molar-refractivity contribution in [3.05, 3.63) is 72.9 Å². The van der Waals surface area contributed by atoms with Crippen molar-refractivity contribution in [2.24, 2.45) is 0 Å². The summed E-state index contributed by atoms with van der Waals surface area (Å²) in [6, 6.07) is -0.540. The SMILES string of the molecule is CC/C=C\C/C=C\C/C=C\C/C=C\C/C=C\C/C=C\CCCCCCCCCCCCCCCCCCCCC(=O)NC(CO)C(O)CCCCCCCCCCCCCCCCCCCCCCCCCCCCCCCCCCC. The number of hydrogen-bond donors (Lipinski definition) is 3. The van der Waals surface area contributed by atoms with Gasteiger partial charge >= 0.3 is 0 Å². The first-order chi connectivity index (χ1) is 40.7. The molecular weight excluding hydrogens is 999 g/mol. The molecule has 0 aliphatic rings. The van der Waals surface area contributed by atoms with Gasteiger partial charge in [0.2, 0.25) is 5.91 Å². The molecule has 4 nitrogen and oxygen atoms in total. The molecule has 4 heteroatoms. The molecule has 0 fully saturated rings. The van der Waals surface area contributed by atoms with Gasteiger partial charge in [0.05, 0.1) is 18.8 Å². The number of aliphatic hydroxyl groups excluding tert-OH is 2. The van der Waals surface area contributed by atoms with E-state index in [2.05, 4.69) is 92.1 Å². The Morgan fingerprint density at radius 2 is 0.537 bits per heavy atom. The van der Waals surface area contributed by atoms with Crippen LogP contribution in [0.2, 0.25) is 0 Å². The molecule has 1 amide bonds. The summed E-state index contributed by atoms with van der Waals surface area (Å²) in [5, 5.41) is 23.5. The molecule has 0 aromatic heterocycles. The van der Waals surface area contributed by atoms with Crippen molar-refractivity contribution in [1.82, 2.24) is 5.32 Å². The second-order valence-corrected chi connectivity index (χ2v) is 25.3. The number of nitrogens with one attached hydrogen (secondary N) is 1. The van der Waals surface area contributed by atoms with Gasteiger partial charge in [-0.3, -0.25) is 4.79 Å². The summed E-state index contributed by atoms with van der Waals surface area (Å²) >= 11 is 0. The highest BCUT2D eigenvalue weighted by atomic mass is 16.3. The summed E-state index contributed by atoms with van der Waals surface area (Å²) in [4.78, 5) is 12.6. The first-order valence-corrected chi connectivity index (χ1v) is 37.1. The van der Waals surface area contributed by atoms with E-state index in [4.69, 9.17) is 0 Å². The second kappa shape index (κ2) is 73.1. The van der Waals surface area contributed by atoms with E-state index in [1.54, 1.807) is 0 Å². The number of carbonyl (C=O) groups is 1. The Labute approximate surface area is 514 Å². The molecule has 2 unspecified atom stereocenters. The topological polar surface area (TPSA) is 69.6 Å². The molecule has 0 saturated carbocycles. The van der Waals surface area contributed by atoms with E-state index >= 15 is 0 Å². The van der Waals surface area contributed by atoms with E-state index in [0.717, 1.165) is 64.2 Å². The fourth-order valence-corrected chi connectivity index (χ4v) is 11.7. The highest BCUT2D eigenvalue weighted by Gasteiger charge is 2.20. The molecule has 0 saturated heterocycles. The minimum Gasteiger partial charge on any atom is -0.394 e. The predicted molar refractivity (Wildman–Crippen MR) is 368 cm³/mol. The smallest absolute Gasteiger partial charge is 0.220 e. The molecule has 3 N–H and O–H groups in total. The molecule has 82 heavy (non-hydrogen) atoms. The Kier molecular flexibility index (Phi) is 71.2. The Morgan fingerprint density at radius 1 is 0.305 bits per heavy atom. The van der Waals surface area contributed by atoms with Crippen molar-refractivity contribution in [2.75, 3.05) is 6.61 Å². The van der Waals surface area contributed by atoms with Crippen LogP contribution in [0.3, 0.4) is 0 Å². The van der Waals surface area contributed by atoms with E-state index < -0.39 is 12.1 Å². The van der Waals surface area contributed by atoms with Gasteiger partial charge in [-0.2, -0.15) is 0 Å². The van der Waals surface area contributed by atoms with Crippen molar-refractivity contribution in [1.29, 1.82) is 0 Å². The molecule has 0 radical (unpaired) electrons. The van der Waals surface area contributed by atoms with Crippen LogP contribution in [-0.2, 0) is 4.79 Å². The molecule has 0 spiro atoms. The molecule has 0 aromatic carbocycles. The van der Waals surface area contributed by atoms with E-state index in [0.29, 0.717) is 12.8 Å². The largest absolute Gasteiger partial charge is 0.394 e.